The van der Waals surface area contributed by atoms with E-state index in [9.17, 15) is 0 Å². The molecule has 0 saturated heterocycles. The maximum atomic E-state index is 4.49. The largest absolute Gasteiger partial charge is 0.613 e. The molecule has 6 nitrogen and oxygen atoms in total. The molecule has 0 atom stereocenters. The minimum absolute atomic E-state index is 0. The van der Waals surface area contributed by atoms with Crippen molar-refractivity contribution in [1.29, 1.82) is 0 Å². The maximum Gasteiger partial charge on any atom is 0.0550 e. The van der Waals surface area contributed by atoms with E-state index in [1.165, 1.54) is 0 Å². The summed E-state index contributed by atoms with van der Waals surface area (Å²) < 4.78 is 8.97. The molecule has 0 amide bonds. The molecule has 0 aliphatic carbocycles. The monoisotopic (exact) mass is 255 g/mol. The molecule has 0 bridgehead atoms. The average molecular weight is 255 g/mol. The van der Waals surface area contributed by atoms with Crippen molar-refractivity contribution in [3.05, 3.63) is 24.6 Å². The van der Waals surface area contributed by atoms with Crippen LogP contribution in [0, 0.1) is 26.6 Å². The number of hydrogen-bond donors (Lipinski definition) is 0. The SMILES string of the molecule is Cc1nn[c-]o1.Cc1nn[c-]o1.[Y]. The fourth-order valence-corrected chi connectivity index (χ4v) is 0.395. The van der Waals surface area contributed by atoms with Gasteiger partial charge in [-0.3, -0.25) is 0 Å². The topological polar surface area (TPSA) is 77.8 Å². The number of nitrogens with zero attached hydrogens (tertiary/aromatic N) is 4. The molecule has 7 heteroatoms. The van der Waals surface area contributed by atoms with Crippen LogP contribution < -0.4 is 0 Å². The number of hydrogen-bond acceptors (Lipinski definition) is 6. The van der Waals surface area contributed by atoms with Crippen molar-refractivity contribution < 1.29 is 41.5 Å². The van der Waals surface area contributed by atoms with Gasteiger partial charge in [-0.25, -0.2) is 20.4 Å². The van der Waals surface area contributed by atoms with E-state index < -0.39 is 0 Å². The van der Waals surface area contributed by atoms with Crippen LogP contribution in [-0.4, -0.2) is 20.4 Å². The molecule has 0 unspecified atom stereocenters. The molecular formula is C6H6N4O2Y-2. The van der Waals surface area contributed by atoms with Crippen molar-refractivity contribution in [2.24, 2.45) is 0 Å². The first kappa shape index (κ1) is 12.4. The molecule has 0 N–H and O–H groups in total. The van der Waals surface area contributed by atoms with Crippen molar-refractivity contribution in [2.45, 2.75) is 13.8 Å². The van der Waals surface area contributed by atoms with Crippen LogP contribution in [0.5, 0.6) is 0 Å². The van der Waals surface area contributed by atoms with Crippen molar-refractivity contribution in [2.75, 3.05) is 0 Å². The summed E-state index contributed by atoms with van der Waals surface area (Å²) in [6.07, 6.45) is 4.39. The summed E-state index contributed by atoms with van der Waals surface area (Å²) in [7, 11) is 0. The van der Waals surface area contributed by atoms with Crippen LogP contribution in [0.15, 0.2) is 8.83 Å². The molecule has 0 aromatic carbocycles. The Bertz CT molecular complexity index is 262. The van der Waals surface area contributed by atoms with E-state index in [0.717, 1.165) is 0 Å². The summed E-state index contributed by atoms with van der Waals surface area (Å²) in [5.41, 5.74) is 0. The summed E-state index contributed by atoms with van der Waals surface area (Å²) in [5, 5.41) is 13.4. The van der Waals surface area contributed by atoms with Gasteiger partial charge in [-0.15, -0.1) is 0 Å². The minimum Gasteiger partial charge on any atom is -0.613 e. The third-order valence-electron chi connectivity index (χ3n) is 0.850. The standard InChI is InChI=1S/2C3H3N2O.Y/c2*1-3-5-4-2-6-3;/h2*1H3;/q2*-1;. The first-order valence-corrected chi connectivity index (χ1v) is 3.11. The van der Waals surface area contributed by atoms with E-state index in [1.54, 1.807) is 13.8 Å². The molecule has 2 aromatic heterocycles. The molecule has 1 radical (unpaired) electrons. The van der Waals surface area contributed by atoms with Gasteiger partial charge >= 0.3 is 0 Å². The number of aryl methyl sites for hydroxylation is 2. The number of aromatic nitrogens is 4. The summed E-state index contributed by atoms with van der Waals surface area (Å²) in [6, 6.07) is 0. The van der Waals surface area contributed by atoms with Crippen molar-refractivity contribution in [3.63, 3.8) is 0 Å². The second-order valence-electron chi connectivity index (χ2n) is 1.82. The average Bonchev–Trinajstić information content (AvgIpc) is 2.63. The van der Waals surface area contributed by atoms with Gasteiger partial charge in [0.2, 0.25) is 0 Å². The summed E-state index contributed by atoms with van der Waals surface area (Å²) in [5.74, 6) is 1.10. The molecule has 67 valence electrons. The van der Waals surface area contributed by atoms with Gasteiger partial charge in [-0.2, -0.15) is 0 Å². The van der Waals surface area contributed by atoms with Crippen LogP contribution in [0.4, 0.5) is 0 Å². The summed E-state index contributed by atoms with van der Waals surface area (Å²) >= 11 is 0. The smallest absolute Gasteiger partial charge is 0.0550 e. The predicted molar refractivity (Wildman–Crippen MR) is 35.7 cm³/mol. The summed E-state index contributed by atoms with van der Waals surface area (Å²) in [4.78, 5) is 0. The van der Waals surface area contributed by atoms with Crippen LogP contribution in [-0.2, 0) is 32.7 Å². The van der Waals surface area contributed by atoms with Crippen LogP contribution in [0.1, 0.15) is 11.8 Å². The van der Waals surface area contributed by atoms with Gasteiger partial charge in [0.1, 0.15) is 0 Å². The van der Waals surface area contributed by atoms with Crippen LogP contribution >= 0.6 is 0 Å². The molecule has 0 fully saturated rings. The normalized spacial score (nSPS) is 8.15. The molecule has 0 saturated carbocycles. The molecule has 13 heavy (non-hydrogen) atoms. The third-order valence-corrected chi connectivity index (χ3v) is 0.850. The first-order valence-electron chi connectivity index (χ1n) is 3.11. The van der Waals surface area contributed by atoms with Gasteiger partial charge in [0.05, 0.1) is 24.6 Å². The van der Waals surface area contributed by atoms with Crippen LogP contribution in [0.2, 0.25) is 0 Å². The van der Waals surface area contributed by atoms with Gasteiger partial charge in [0.25, 0.3) is 0 Å². The van der Waals surface area contributed by atoms with E-state index in [2.05, 4.69) is 42.0 Å². The van der Waals surface area contributed by atoms with E-state index >= 15 is 0 Å². The zero-order chi connectivity index (χ0) is 8.81. The molecule has 0 aliphatic rings. The van der Waals surface area contributed by atoms with Gasteiger partial charge in [0, 0.05) is 32.7 Å². The van der Waals surface area contributed by atoms with Crippen molar-refractivity contribution in [1.82, 2.24) is 20.4 Å². The molecular weight excluding hydrogens is 249 g/mol. The minimum atomic E-state index is 0. The van der Waals surface area contributed by atoms with Crippen LogP contribution in [0.25, 0.3) is 0 Å². The Kier molecular flexibility index (Phi) is 6.53. The Morgan fingerprint density at radius 1 is 0.923 bits per heavy atom. The molecule has 2 heterocycles. The molecule has 0 aliphatic heterocycles. The Morgan fingerprint density at radius 3 is 1.38 bits per heavy atom. The Labute approximate surface area is 100 Å². The Morgan fingerprint density at radius 2 is 1.31 bits per heavy atom. The zero-order valence-corrected chi connectivity index (χ0v) is 10.0. The zero-order valence-electron chi connectivity index (χ0n) is 7.18. The second kappa shape index (κ2) is 6.85. The number of rotatable bonds is 0. The Balaban J connectivity index is 0.000000206. The van der Waals surface area contributed by atoms with Gasteiger partial charge in [-0.05, 0) is 0 Å². The fraction of sp³-hybridized carbons (Fsp3) is 0.333. The molecule has 0 spiro atoms. The Hall–Kier alpha value is -0.616. The van der Waals surface area contributed by atoms with E-state index in [-0.39, 0.29) is 32.7 Å². The second-order valence-corrected chi connectivity index (χ2v) is 1.82. The van der Waals surface area contributed by atoms with Gasteiger partial charge in [-0.1, -0.05) is 13.8 Å². The third kappa shape index (κ3) is 5.60. The van der Waals surface area contributed by atoms with Crippen LogP contribution in [0.3, 0.4) is 0 Å². The van der Waals surface area contributed by atoms with E-state index in [4.69, 9.17) is 0 Å². The summed E-state index contributed by atoms with van der Waals surface area (Å²) in [6.45, 7) is 3.42. The van der Waals surface area contributed by atoms with Crippen molar-refractivity contribution >= 4 is 0 Å². The van der Waals surface area contributed by atoms with Gasteiger partial charge in [0.15, 0.2) is 0 Å². The van der Waals surface area contributed by atoms with E-state index in [1.807, 2.05) is 0 Å². The predicted octanol–water partition coefficient (Wildman–Crippen LogP) is 0.354. The quantitative estimate of drug-likeness (QED) is 0.632. The molecule has 2 aromatic rings. The van der Waals surface area contributed by atoms with Gasteiger partial charge < -0.3 is 8.83 Å². The molecule has 2 rings (SSSR count). The van der Waals surface area contributed by atoms with E-state index in [0.29, 0.717) is 11.8 Å². The fourth-order valence-electron chi connectivity index (χ4n) is 0.395. The maximum absolute atomic E-state index is 4.49. The van der Waals surface area contributed by atoms with Crippen molar-refractivity contribution in [3.8, 4) is 0 Å². The first-order chi connectivity index (χ1) is 5.79.